The molecule has 1 aliphatic rings. The van der Waals surface area contributed by atoms with Crippen molar-refractivity contribution in [3.8, 4) is 0 Å². The molecule has 0 radical (unpaired) electrons. The lowest BCUT2D eigenvalue weighted by Gasteiger charge is -2.32. The lowest BCUT2D eigenvalue weighted by molar-refractivity contribution is 0.154. The van der Waals surface area contributed by atoms with E-state index < -0.39 is 0 Å². The van der Waals surface area contributed by atoms with Crippen LogP contribution in [0.3, 0.4) is 0 Å². The summed E-state index contributed by atoms with van der Waals surface area (Å²) in [6, 6.07) is 0. The Hall–Kier alpha value is -1.36. The number of nitrogens with zero attached hydrogens (tertiary/aromatic N) is 3. The Morgan fingerprint density at radius 2 is 2.15 bits per heavy atom. The number of hydrogen-bond donors (Lipinski definition) is 2. The standard InChI is InChI=1S/C15H26N4O/c1-4-8-16-14-11(3)15(18-13(5-2)17-14)19-9-6-7-12(20)10-19/h12,20H,4-10H2,1-3H3,(H,16,17,18). The van der Waals surface area contributed by atoms with Gasteiger partial charge in [-0.1, -0.05) is 13.8 Å². The van der Waals surface area contributed by atoms with Crippen LogP contribution in [0.2, 0.25) is 0 Å². The minimum absolute atomic E-state index is 0.241. The maximum Gasteiger partial charge on any atom is 0.137 e. The van der Waals surface area contributed by atoms with Gasteiger partial charge in [0.15, 0.2) is 0 Å². The van der Waals surface area contributed by atoms with Gasteiger partial charge in [0, 0.05) is 31.6 Å². The van der Waals surface area contributed by atoms with Crippen LogP contribution in [0.25, 0.3) is 0 Å². The van der Waals surface area contributed by atoms with Crippen molar-refractivity contribution in [1.29, 1.82) is 0 Å². The number of aromatic nitrogens is 2. The van der Waals surface area contributed by atoms with Gasteiger partial charge in [0.1, 0.15) is 17.5 Å². The van der Waals surface area contributed by atoms with E-state index in [0.29, 0.717) is 6.54 Å². The average Bonchev–Trinajstić information content (AvgIpc) is 2.46. The van der Waals surface area contributed by atoms with Gasteiger partial charge in [0.25, 0.3) is 0 Å². The van der Waals surface area contributed by atoms with E-state index in [1.807, 2.05) is 0 Å². The molecule has 5 nitrogen and oxygen atoms in total. The van der Waals surface area contributed by atoms with Crippen molar-refractivity contribution >= 4 is 11.6 Å². The van der Waals surface area contributed by atoms with Crippen molar-refractivity contribution < 1.29 is 5.11 Å². The maximum atomic E-state index is 9.87. The summed E-state index contributed by atoms with van der Waals surface area (Å²) >= 11 is 0. The second kappa shape index (κ2) is 6.88. The molecule has 0 spiro atoms. The predicted molar refractivity (Wildman–Crippen MR) is 82.4 cm³/mol. The Balaban J connectivity index is 2.30. The highest BCUT2D eigenvalue weighted by Crippen LogP contribution is 2.26. The van der Waals surface area contributed by atoms with Crippen molar-refractivity contribution in [3.05, 3.63) is 11.4 Å². The first kappa shape index (κ1) is 15.0. The summed E-state index contributed by atoms with van der Waals surface area (Å²) in [6.45, 7) is 8.84. The van der Waals surface area contributed by atoms with Crippen LogP contribution >= 0.6 is 0 Å². The number of piperidine rings is 1. The van der Waals surface area contributed by atoms with Crippen LogP contribution in [0.4, 0.5) is 11.6 Å². The molecule has 5 heteroatoms. The van der Waals surface area contributed by atoms with E-state index >= 15 is 0 Å². The Bertz CT molecular complexity index is 450. The Kier molecular flexibility index (Phi) is 5.17. The number of rotatable bonds is 5. The molecule has 1 unspecified atom stereocenters. The molecule has 1 fully saturated rings. The molecule has 2 heterocycles. The smallest absolute Gasteiger partial charge is 0.137 e. The third kappa shape index (κ3) is 3.39. The fraction of sp³-hybridized carbons (Fsp3) is 0.733. The first-order valence-electron chi connectivity index (χ1n) is 7.70. The third-order valence-corrected chi connectivity index (χ3v) is 3.72. The number of anilines is 2. The van der Waals surface area contributed by atoms with Crippen molar-refractivity contribution in [3.63, 3.8) is 0 Å². The first-order valence-corrected chi connectivity index (χ1v) is 7.70. The molecule has 2 rings (SSSR count). The van der Waals surface area contributed by atoms with E-state index in [1.54, 1.807) is 0 Å². The molecule has 0 amide bonds. The Labute approximate surface area is 121 Å². The van der Waals surface area contributed by atoms with Gasteiger partial charge in [0.05, 0.1) is 6.10 Å². The molecule has 1 aromatic rings. The molecule has 1 saturated heterocycles. The minimum atomic E-state index is -0.241. The fourth-order valence-corrected chi connectivity index (χ4v) is 2.58. The van der Waals surface area contributed by atoms with Crippen LogP contribution < -0.4 is 10.2 Å². The lowest BCUT2D eigenvalue weighted by Crippen LogP contribution is -2.39. The summed E-state index contributed by atoms with van der Waals surface area (Å²) in [6.07, 6.45) is 3.56. The molecular formula is C15H26N4O. The summed E-state index contributed by atoms with van der Waals surface area (Å²) in [5.41, 5.74) is 1.09. The zero-order valence-corrected chi connectivity index (χ0v) is 12.8. The van der Waals surface area contributed by atoms with Gasteiger partial charge >= 0.3 is 0 Å². The van der Waals surface area contributed by atoms with Crippen LogP contribution in [0.1, 0.15) is 44.5 Å². The molecule has 2 N–H and O–H groups in total. The van der Waals surface area contributed by atoms with Crippen LogP contribution in [-0.2, 0) is 6.42 Å². The SMILES string of the molecule is CCCNc1nc(CC)nc(N2CCCC(O)C2)c1C. The van der Waals surface area contributed by atoms with Gasteiger partial charge in [0.2, 0.25) is 0 Å². The number of hydrogen-bond acceptors (Lipinski definition) is 5. The molecule has 0 aromatic carbocycles. The average molecular weight is 278 g/mol. The van der Waals surface area contributed by atoms with E-state index in [9.17, 15) is 5.11 Å². The minimum Gasteiger partial charge on any atom is -0.391 e. The van der Waals surface area contributed by atoms with E-state index in [1.165, 1.54) is 0 Å². The summed E-state index contributed by atoms with van der Waals surface area (Å²) in [7, 11) is 0. The van der Waals surface area contributed by atoms with Crippen LogP contribution in [-0.4, -0.2) is 40.8 Å². The predicted octanol–water partition coefficient (Wildman–Crippen LogP) is 2.13. The monoisotopic (exact) mass is 278 g/mol. The van der Waals surface area contributed by atoms with E-state index in [-0.39, 0.29) is 6.10 Å². The summed E-state index contributed by atoms with van der Waals surface area (Å²) in [5, 5.41) is 13.3. The second-order valence-electron chi connectivity index (χ2n) is 5.46. The van der Waals surface area contributed by atoms with Gasteiger partial charge in [-0.2, -0.15) is 0 Å². The zero-order chi connectivity index (χ0) is 14.5. The molecule has 1 aromatic heterocycles. The highest BCUT2D eigenvalue weighted by molar-refractivity contribution is 5.59. The molecule has 0 aliphatic carbocycles. The highest BCUT2D eigenvalue weighted by Gasteiger charge is 2.22. The van der Waals surface area contributed by atoms with Crippen molar-refractivity contribution in [2.45, 2.75) is 52.6 Å². The number of aryl methyl sites for hydroxylation is 1. The largest absolute Gasteiger partial charge is 0.391 e. The lowest BCUT2D eigenvalue weighted by atomic mass is 10.1. The molecule has 112 valence electrons. The number of β-amino-alcohol motifs (C(OH)–C–C–N with tert-alkyl or cyclic N) is 1. The first-order chi connectivity index (χ1) is 9.65. The maximum absolute atomic E-state index is 9.87. The number of aliphatic hydroxyl groups is 1. The van der Waals surface area contributed by atoms with E-state index in [0.717, 1.165) is 61.8 Å². The van der Waals surface area contributed by atoms with Crippen LogP contribution in [0, 0.1) is 6.92 Å². The van der Waals surface area contributed by atoms with Gasteiger partial charge in [-0.05, 0) is 26.2 Å². The number of aliphatic hydroxyl groups excluding tert-OH is 1. The van der Waals surface area contributed by atoms with E-state index in [2.05, 4.69) is 41.0 Å². The molecule has 1 atom stereocenters. The van der Waals surface area contributed by atoms with Crippen molar-refractivity contribution in [2.75, 3.05) is 29.9 Å². The van der Waals surface area contributed by atoms with Crippen molar-refractivity contribution in [2.24, 2.45) is 0 Å². The molecule has 1 aliphatic heterocycles. The Morgan fingerprint density at radius 3 is 2.80 bits per heavy atom. The summed E-state index contributed by atoms with van der Waals surface area (Å²) in [5.74, 6) is 2.78. The molecular weight excluding hydrogens is 252 g/mol. The molecule has 0 bridgehead atoms. The summed E-state index contributed by atoms with van der Waals surface area (Å²) < 4.78 is 0. The quantitative estimate of drug-likeness (QED) is 0.864. The van der Waals surface area contributed by atoms with Gasteiger partial charge < -0.3 is 15.3 Å². The van der Waals surface area contributed by atoms with Gasteiger partial charge in [-0.15, -0.1) is 0 Å². The fourth-order valence-electron chi connectivity index (χ4n) is 2.58. The topological polar surface area (TPSA) is 61.3 Å². The normalized spacial score (nSPS) is 19.2. The van der Waals surface area contributed by atoms with E-state index in [4.69, 9.17) is 0 Å². The third-order valence-electron chi connectivity index (χ3n) is 3.72. The van der Waals surface area contributed by atoms with Crippen LogP contribution in [0.15, 0.2) is 0 Å². The summed E-state index contributed by atoms with van der Waals surface area (Å²) in [4.78, 5) is 11.5. The highest BCUT2D eigenvalue weighted by atomic mass is 16.3. The second-order valence-corrected chi connectivity index (χ2v) is 5.46. The van der Waals surface area contributed by atoms with Crippen LogP contribution in [0.5, 0.6) is 0 Å². The molecule has 0 saturated carbocycles. The van der Waals surface area contributed by atoms with Gasteiger partial charge in [-0.3, -0.25) is 0 Å². The van der Waals surface area contributed by atoms with Crippen molar-refractivity contribution in [1.82, 2.24) is 9.97 Å². The molecule has 20 heavy (non-hydrogen) atoms. The van der Waals surface area contributed by atoms with Gasteiger partial charge in [-0.25, -0.2) is 9.97 Å². The number of nitrogens with one attached hydrogen (secondary N) is 1. The Morgan fingerprint density at radius 1 is 1.35 bits per heavy atom. The zero-order valence-electron chi connectivity index (χ0n) is 12.8.